The number of amides is 2. The van der Waals surface area contributed by atoms with Gasteiger partial charge in [-0.1, -0.05) is 12.1 Å². The quantitative estimate of drug-likeness (QED) is 0.784. The molecule has 0 atom stereocenters. The lowest BCUT2D eigenvalue weighted by Gasteiger charge is -2.29. The fourth-order valence-corrected chi connectivity index (χ4v) is 2.94. The molecular formula is C18H22N2O4. The van der Waals surface area contributed by atoms with Gasteiger partial charge in [-0.3, -0.25) is 14.5 Å². The van der Waals surface area contributed by atoms with Crippen molar-refractivity contribution in [2.45, 2.75) is 20.0 Å². The number of benzene rings is 1. The molecule has 0 N–H and O–H groups in total. The minimum absolute atomic E-state index is 0.0831. The Morgan fingerprint density at radius 3 is 2.25 bits per heavy atom. The first-order chi connectivity index (χ1) is 11.5. The van der Waals surface area contributed by atoms with Gasteiger partial charge in [-0.05, 0) is 31.5 Å². The third kappa shape index (κ3) is 3.01. The van der Waals surface area contributed by atoms with Crippen LogP contribution in [-0.2, 0) is 14.3 Å². The van der Waals surface area contributed by atoms with E-state index in [1.54, 1.807) is 0 Å². The van der Waals surface area contributed by atoms with Gasteiger partial charge in [0.1, 0.15) is 11.4 Å². The van der Waals surface area contributed by atoms with Crippen molar-refractivity contribution in [3.8, 4) is 5.75 Å². The third-order valence-corrected chi connectivity index (χ3v) is 4.10. The van der Waals surface area contributed by atoms with E-state index < -0.39 is 0 Å². The zero-order chi connectivity index (χ0) is 17.3. The molecule has 24 heavy (non-hydrogen) atoms. The van der Waals surface area contributed by atoms with E-state index in [1.807, 2.05) is 43.0 Å². The van der Waals surface area contributed by atoms with E-state index in [4.69, 9.17) is 9.47 Å². The minimum atomic E-state index is -0.265. The number of nitrogens with zero attached hydrogens (tertiary/aromatic N) is 2. The van der Waals surface area contributed by atoms with Crippen LogP contribution in [-0.4, -0.2) is 61.1 Å². The number of imide groups is 1. The van der Waals surface area contributed by atoms with E-state index in [2.05, 4.69) is 0 Å². The molecule has 2 heterocycles. The van der Waals surface area contributed by atoms with Gasteiger partial charge in [0.2, 0.25) is 0 Å². The van der Waals surface area contributed by atoms with Crippen molar-refractivity contribution in [2.75, 3.05) is 33.4 Å². The van der Waals surface area contributed by atoms with Crippen molar-refractivity contribution in [1.82, 2.24) is 9.80 Å². The fraction of sp³-hybridized carbons (Fsp3) is 0.444. The molecule has 0 aliphatic carbocycles. The molecular weight excluding hydrogens is 308 g/mol. The van der Waals surface area contributed by atoms with Crippen molar-refractivity contribution >= 4 is 17.4 Å². The summed E-state index contributed by atoms with van der Waals surface area (Å²) in [5, 5.41) is 0. The van der Waals surface area contributed by atoms with E-state index in [0.717, 1.165) is 11.3 Å². The lowest BCUT2D eigenvalue weighted by atomic mass is 10.0. The minimum Gasteiger partial charge on any atom is -0.491 e. The summed E-state index contributed by atoms with van der Waals surface area (Å²) in [4.78, 5) is 28.3. The maximum absolute atomic E-state index is 12.6. The van der Waals surface area contributed by atoms with Crippen molar-refractivity contribution in [3.05, 3.63) is 35.5 Å². The van der Waals surface area contributed by atoms with E-state index in [0.29, 0.717) is 37.6 Å². The second-order valence-corrected chi connectivity index (χ2v) is 6.18. The first-order valence-electron chi connectivity index (χ1n) is 8.15. The molecule has 128 valence electrons. The Morgan fingerprint density at radius 1 is 1.04 bits per heavy atom. The molecule has 6 heteroatoms. The van der Waals surface area contributed by atoms with Crippen molar-refractivity contribution in [2.24, 2.45) is 0 Å². The van der Waals surface area contributed by atoms with Crippen LogP contribution >= 0.6 is 0 Å². The molecule has 2 aliphatic heterocycles. The van der Waals surface area contributed by atoms with Gasteiger partial charge in [-0.2, -0.15) is 0 Å². The molecule has 0 unspecified atom stereocenters. The predicted molar refractivity (Wildman–Crippen MR) is 89.3 cm³/mol. The molecule has 1 aromatic rings. The van der Waals surface area contributed by atoms with E-state index >= 15 is 0 Å². The summed E-state index contributed by atoms with van der Waals surface area (Å²) in [6.07, 6.45) is 0.0831. The molecule has 1 saturated heterocycles. The van der Waals surface area contributed by atoms with Crippen LogP contribution in [0.15, 0.2) is 30.0 Å². The lowest BCUT2D eigenvalue weighted by Crippen LogP contribution is -2.39. The highest BCUT2D eigenvalue weighted by atomic mass is 16.5. The van der Waals surface area contributed by atoms with Crippen molar-refractivity contribution in [3.63, 3.8) is 0 Å². The molecule has 0 spiro atoms. The SMILES string of the molecule is CC(C)Oc1ccc(C2=C(N3CCOCC3)C(=O)N(C)C2=O)cc1. The number of carbonyl (C=O) groups excluding carboxylic acids is 2. The van der Waals surface area contributed by atoms with Crippen LogP contribution in [0.4, 0.5) is 0 Å². The first kappa shape index (κ1) is 16.5. The number of hydrogen-bond donors (Lipinski definition) is 0. The van der Waals surface area contributed by atoms with Gasteiger partial charge >= 0.3 is 0 Å². The molecule has 0 saturated carbocycles. The van der Waals surface area contributed by atoms with Crippen LogP contribution in [0.25, 0.3) is 5.57 Å². The Bertz CT molecular complexity index is 673. The van der Waals surface area contributed by atoms with Gasteiger partial charge in [0.05, 0.1) is 24.9 Å². The van der Waals surface area contributed by atoms with Gasteiger partial charge in [-0.15, -0.1) is 0 Å². The molecule has 2 aliphatic rings. The monoisotopic (exact) mass is 330 g/mol. The van der Waals surface area contributed by atoms with Gasteiger partial charge in [0.25, 0.3) is 11.8 Å². The van der Waals surface area contributed by atoms with Crippen LogP contribution < -0.4 is 4.74 Å². The number of ether oxygens (including phenoxy) is 2. The molecule has 3 rings (SSSR count). The Labute approximate surface area is 141 Å². The normalized spacial score (nSPS) is 18.8. The fourth-order valence-electron chi connectivity index (χ4n) is 2.94. The van der Waals surface area contributed by atoms with Crippen LogP contribution in [0.3, 0.4) is 0 Å². The maximum Gasteiger partial charge on any atom is 0.277 e. The second-order valence-electron chi connectivity index (χ2n) is 6.18. The van der Waals surface area contributed by atoms with Crippen molar-refractivity contribution in [1.29, 1.82) is 0 Å². The molecule has 1 fully saturated rings. The first-order valence-corrected chi connectivity index (χ1v) is 8.15. The summed E-state index contributed by atoms with van der Waals surface area (Å²) in [7, 11) is 1.52. The largest absolute Gasteiger partial charge is 0.491 e. The number of hydrogen-bond acceptors (Lipinski definition) is 5. The van der Waals surface area contributed by atoms with Crippen molar-refractivity contribution < 1.29 is 19.1 Å². The van der Waals surface area contributed by atoms with Crippen LogP contribution in [0.2, 0.25) is 0 Å². The highest BCUT2D eigenvalue weighted by Crippen LogP contribution is 2.32. The lowest BCUT2D eigenvalue weighted by molar-refractivity contribution is -0.136. The second kappa shape index (κ2) is 6.65. The standard InChI is InChI=1S/C18H22N2O4/c1-12(2)24-14-6-4-13(5-7-14)15-16(18(22)19(3)17(15)21)20-8-10-23-11-9-20/h4-7,12H,8-11H2,1-3H3. The Kier molecular flexibility index (Phi) is 4.57. The van der Waals surface area contributed by atoms with E-state index in [9.17, 15) is 9.59 Å². The number of rotatable bonds is 4. The summed E-state index contributed by atoms with van der Waals surface area (Å²) in [6.45, 7) is 6.26. The van der Waals surface area contributed by atoms with Crippen LogP contribution in [0, 0.1) is 0 Å². The average molecular weight is 330 g/mol. The maximum atomic E-state index is 12.6. The predicted octanol–water partition coefficient (Wildman–Crippen LogP) is 1.52. The van der Waals surface area contributed by atoms with E-state index in [1.165, 1.54) is 11.9 Å². The summed E-state index contributed by atoms with van der Waals surface area (Å²) in [5.41, 5.74) is 1.67. The summed E-state index contributed by atoms with van der Waals surface area (Å²) < 4.78 is 11.0. The molecule has 0 radical (unpaired) electrons. The number of carbonyl (C=O) groups is 2. The highest BCUT2D eigenvalue weighted by molar-refractivity contribution is 6.35. The van der Waals surface area contributed by atoms with E-state index in [-0.39, 0.29) is 17.9 Å². The zero-order valence-corrected chi connectivity index (χ0v) is 14.2. The van der Waals surface area contributed by atoms with Crippen LogP contribution in [0.1, 0.15) is 19.4 Å². The topological polar surface area (TPSA) is 59.1 Å². The van der Waals surface area contributed by atoms with Gasteiger partial charge in [0.15, 0.2) is 0 Å². The smallest absolute Gasteiger partial charge is 0.277 e. The molecule has 0 aromatic heterocycles. The zero-order valence-electron chi connectivity index (χ0n) is 14.2. The molecule has 2 amide bonds. The average Bonchev–Trinajstić information content (AvgIpc) is 2.80. The molecule has 1 aromatic carbocycles. The molecule has 0 bridgehead atoms. The number of likely N-dealkylation sites (N-methyl/N-ethyl adjacent to an activating group) is 1. The number of morpholine rings is 1. The Balaban J connectivity index is 1.98. The highest BCUT2D eigenvalue weighted by Gasteiger charge is 2.39. The Hall–Kier alpha value is -2.34. The van der Waals surface area contributed by atoms with Crippen LogP contribution in [0.5, 0.6) is 5.75 Å². The Morgan fingerprint density at radius 2 is 1.67 bits per heavy atom. The summed E-state index contributed by atoms with van der Waals surface area (Å²) >= 11 is 0. The van der Waals surface area contributed by atoms with Gasteiger partial charge in [0, 0.05) is 20.1 Å². The van der Waals surface area contributed by atoms with Gasteiger partial charge in [-0.25, -0.2) is 0 Å². The molecule has 6 nitrogen and oxygen atoms in total. The van der Waals surface area contributed by atoms with Gasteiger partial charge < -0.3 is 14.4 Å². The summed E-state index contributed by atoms with van der Waals surface area (Å²) in [5.74, 6) is 0.228. The third-order valence-electron chi connectivity index (χ3n) is 4.10. The summed E-state index contributed by atoms with van der Waals surface area (Å²) in [6, 6.07) is 7.32.